The molecule has 40 heavy (non-hydrogen) atoms. The molecule has 1 aromatic heterocycles. The summed E-state index contributed by atoms with van der Waals surface area (Å²) in [4.78, 5) is 0. The Morgan fingerprint density at radius 3 is 1.70 bits per heavy atom. The normalized spacial score (nSPS) is 12.2. The maximum atomic E-state index is 2.70. The molecule has 1 unspecified atom stereocenters. The smallest absolute Gasteiger partial charge is 0.234 e. The van der Waals surface area contributed by atoms with Crippen molar-refractivity contribution in [3.63, 3.8) is 0 Å². The van der Waals surface area contributed by atoms with Gasteiger partial charge in [-0.15, -0.1) is 0 Å². The van der Waals surface area contributed by atoms with E-state index in [2.05, 4.69) is 96.8 Å². The van der Waals surface area contributed by atoms with Crippen molar-refractivity contribution < 1.29 is 4.57 Å². The van der Waals surface area contributed by atoms with Gasteiger partial charge in [0.25, 0.3) is 5.82 Å². The van der Waals surface area contributed by atoms with Crippen LogP contribution >= 0.6 is 0 Å². The van der Waals surface area contributed by atoms with Crippen molar-refractivity contribution in [3.05, 3.63) is 89.5 Å². The molecule has 3 rings (SSSR count). The fourth-order valence-electron chi connectivity index (χ4n) is 6.17. The maximum absolute atomic E-state index is 2.70. The van der Waals surface area contributed by atoms with E-state index in [1.807, 2.05) is 0 Å². The Kier molecular flexibility index (Phi) is 15.8. The van der Waals surface area contributed by atoms with E-state index in [0.29, 0.717) is 5.92 Å². The molecular weight excluding hydrogens is 484 g/mol. The third-order valence-electron chi connectivity index (χ3n) is 8.58. The van der Waals surface area contributed by atoms with Gasteiger partial charge in [0.05, 0.1) is 19.5 Å². The van der Waals surface area contributed by atoms with E-state index >= 15 is 0 Å². The van der Waals surface area contributed by atoms with Crippen molar-refractivity contribution in [2.24, 2.45) is 0 Å². The van der Waals surface area contributed by atoms with E-state index in [9.17, 15) is 0 Å². The zero-order chi connectivity index (χ0) is 28.3. The van der Waals surface area contributed by atoms with Crippen LogP contribution in [-0.2, 0) is 25.9 Å². The standard InChI is InChI=1S/C38H59N2/c1-4-6-7-8-9-10-11-12-13-14-15-16-17-24-30-40-37(31-34(3)36-27-22-19-23-28-36)33-39(29-5-2)38(40)32-35-25-20-18-21-26-35/h18-23,25-28,33-34H,4-17,24,29-32H2,1-3H3/q+1. The number of imidazole rings is 1. The number of aromatic nitrogens is 2. The molecule has 3 aromatic rings. The Labute approximate surface area is 247 Å². The molecular formula is C38H59N2+. The fourth-order valence-corrected chi connectivity index (χ4v) is 6.17. The maximum Gasteiger partial charge on any atom is 0.261 e. The predicted molar refractivity (Wildman–Crippen MR) is 173 cm³/mol. The molecule has 220 valence electrons. The largest absolute Gasteiger partial charge is 0.261 e. The Balaban J connectivity index is 1.52. The molecule has 0 N–H and O–H groups in total. The lowest BCUT2D eigenvalue weighted by Gasteiger charge is -2.12. The first-order chi connectivity index (χ1) is 19.7. The van der Waals surface area contributed by atoms with Gasteiger partial charge in [-0.2, -0.15) is 0 Å². The topological polar surface area (TPSA) is 8.81 Å². The molecule has 2 aromatic carbocycles. The van der Waals surface area contributed by atoms with Crippen molar-refractivity contribution in [2.75, 3.05) is 0 Å². The molecule has 0 aliphatic carbocycles. The summed E-state index contributed by atoms with van der Waals surface area (Å²) in [5.74, 6) is 2.00. The van der Waals surface area contributed by atoms with Gasteiger partial charge >= 0.3 is 0 Å². The van der Waals surface area contributed by atoms with Gasteiger partial charge < -0.3 is 0 Å². The second-order valence-electron chi connectivity index (χ2n) is 12.2. The highest BCUT2D eigenvalue weighted by atomic mass is 15.2. The number of hydrogen-bond acceptors (Lipinski definition) is 0. The molecule has 0 aliphatic rings. The third kappa shape index (κ3) is 11.6. The molecule has 0 bridgehead atoms. The van der Waals surface area contributed by atoms with Crippen molar-refractivity contribution in [1.29, 1.82) is 0 Å². The van der Waals surface area contributed by atoms with E-state index in [0.717, 1.165) is 25.9 Å². The lowest BCUT2D eigenvalue weighted by atomic mass is 9.96. The highest BCUT2D eigenvalue weighted by Crippen LogP contribution is 2.22. The van der Waals surface area contributed by atoms with Crippen LogP contribution in [0.15, 0.2) is 66.9 Å². The number of rotatable bonds is 22. The van der Waals surface area contributed by atoms with Crippen molar-refractivity contribution in [2.45, 2.75) is 149 Å². The Morgan fingerprint density at radius 2 is 1.15 bits per heavy atom. The van der Waals surface area contributed by atoms with Crippen molar-refractivity contribution in [1.82, 2.24) is 4.57 Å². The second kappa shape index (κ2) is 19.7. The van der Waals surface area contributed by atoms with E-state index < -0.39 is 0 Å². The summed E-state index contributed by atoms with van der Waals surface area (Å²) in [5, 5.41) is 0. The number of unbranched alkanes of at least 4 members (excludes halogenated alkanes) is 13. The molecule has 0 radical (unpaired) electrons. The van der Waals surface area contributed by atoms with Gasteiger partial charge in [-0.25, -0.2) is 9.13 Å². The molecule has 1 atom stereocenters. The van der Waals surface area contributed by atoms with Crippen LogP contribution in [0.3, 0.4) is 0 Å². The molecule has 0 saturated carbocycles. The molecule has 0 amide bonds. The summed E-state index contributed by atoms with van der Waals surface area (Å²) in [7, 11) is 0. The number of benzene rings is 2. The number of hydrogen-bond donors (Lipinski definition) is 0. The average molecular weight is 544 g/mol. The van der Waals surface area contributed by atoms with Gasteiger partial charge in [0, 0.05) is 6.42 Å². The average Bonchev–Trinajstić information content (AvgIpc) is 3.29. The highest BCUT2D eigenvalue weighted by Gasteiger charge is 2.24. The molecule has 0 aliphatic heterocycles. The Hall–Kier alpha value is -2.35. The first-order valence-electron chi connectivity index (χ1n) is 16.9. The van der Waals surface area contributed by atoms with Crippen LogP contribution in [0, 0.1) is 0 Å². The second-order valence-corrected chi connectivity index (χ2v) is 12.2. The minimum atomic E-state index is 0.519. The van der Waals surface area contributed by atoms with E-state index in [-0.39, 0.29) is 0 Å². The molecule has 0 fully saturated rings. The van der Waals surface area contributed by atoms with Crippen LogP contribution in [0.1, 0.15) is 146 Å². The minimum Gasteiger partial charge on any atom is -0.234 e. The first-order valence-corrected chi connectivity index (χ1v) is 16.9. The van der Waals surface area contributed by atoms with Crippen LogP contribution < -0.4 is 4.57 Å². The fraction of sp³-hybridized carbons (Fsp3) is 0.605. The lowest BCUT2D eigenvalue weighted by Crippen LogP contribution is -2.37. The minimum absolute atomic E-state index is 0.519. The summed E-state index contributed by atoms with van der Waals surface area (Å²) in [5.41, 5.74) is 4.36. The molecule has 2 nitrogen and oxygen atoms in total. The summed E-state index contributed by atoms with van der Waals surface area (Å²) in [6.07, 6.45) is 25.5. The van der Waals surface area contributed by atoms with E-state index in [4.69, 9.17) is 0 Å². The van der Waals surface area contributed by atoms with Gasteiger partial charge in [-0.05, 0) is 36.3 Å². The first kappa shape index (κ1) is 32.2. The predicted octanol–water partition coefficient (Wildman–Crippen LogP) is 10.6. The summed E-state index contributed by atoms with van der Waals surface area (Å²) < 4.78 is 5.26. The van der Waals surface area contributed by atoms with Crippen LogP contribution in [-0.4, -0.2) is 4.57 Å². The highest BCUT2D eigenvalue weighted by molar-refractivity contribution is 5.22. The lowest BCUT2D eigenvalue weighted by molar-refractivity contribution is -0.703. The van der Waals surface area contributed by atoms with Gasteiger partial charge in [-0.3, -0.25) is 0 Å². The summed E-state index contributed by atoms with van der Waals surface area (Å²) >= 11 is 0. The van der Waals surface area contributed by atoms with Crippen molar-refractivity contribution >= 4 is 0 Å². The zero-order valence-electron chi connectivity index (χ0n) is 26.3. The number of nitrogens with zero attached hydrogens (tertiary/aromatic N) is 2. The van der Waals surface area contributed by atoms with Crippen molar-refractivity contribution in [3.8, 4) is 0 Å². The van der Waals surface area contributed by atoms with E-state index in [1.165, 1.54) is 119 Å². The SMILES string of the molecule is CCCCCCCCCCCCCCCCn1c(CC(C)c2ccccc2)c[n+](CCC)c1Cc1ccccc1. The monoisotopic (exact) mass is 543 g/mol. The molecule has 2 heteroatoms. The molecule has 1 heterocycles. The zero-order valence-corrected chi connectivity index (χ0v) is 26.3. The van der Waals surface area contributed by atoms with Crippen LogP contribution in [0.5, 0.6) is 0 Å². The van der Waals surface area contributed by atoms with Crippen LogP contribution in [0.2, 0.25) is 0 Å². The van der Waals surface area contributed by atoms with Gasteiger partial charge in [-0.1, -0.05) is 158 Å². The van der Waals surface area contributed by atoms with Gasteiger partial charge in [0.2, 0.25) is 0 Å². The molecule has 0 saturated heterocycles. The van der Waals surface area contributed by atoms with Gasteiger partial charge in [0.15, 0.2) is 0 Å². The number of aryl methyl sites for hydroxylation is 1. The van der Waals surface area contributed by atoms with Crippen LogP contribution in [0.4, 0.5) is 0 Å². The Morgan fingerprint density at radius 1 is 0.625 bits per heavy atom. The Bertz CT molecular complexity index is 1020. The third-order valence-corrected chi connectivity index (χ3v) is 8.58. The van der Waals surface area contributed by atoms with Crippen LogP contribution in [0.25, 0.3) is 0 Å². The van der Waals surface area contributed by atoms with E-state index in [1.54, 1.807) is 0 Å². The molecule has 0 spiro atoms. The summed E-state index contributed by atoms with van der Waals surface area (Å²) in [6, 6.07) is 22.1. The quantitative estimate of drug-likeness (QED) is 0.0880. The summed E-state index contributed by atoms with van der Waals surface area (Å²) in [6.45, 7) is 9.24. The van der Waals surface area contributed by atoms with Gasteiger partial charge in [0.1, 0.15) is 11.9 Å².